The predicted octanol–water partition coefficient (Wildman–Crippen LogP) is 3.71. The molecule has 0 bridgehead atoms. The quantitative estimate of drug-likeness (QED) is 0.355. The minimum Gasteiger partial charge on any atom is -0.478 e. The Morgan fingerprint density at radius 2 is 1.98 bits per heavy atom. The number of piperazine rings is 1. The molecule has 4 heterocycles. The lowest BCUT2D eigenvalue weighted by Crippen LogP contribution is -2.50. The van der Waals surface area contributed by atoms with Gasteiger partial charge in [0, 0.05) is 57.2 Å². The predicted molar refractivity (Wildman–Crippen MR) is 163 cm³/mol. The van der Waals surface area contributed by atoms with E-state index >= 15 is 0 Å². The van der Waals surface area contributed by atoms with Crippen molar-refractivity contribution < 1.29 is 9.90 Å². The van der Waals surface area contributed by atoms with Crippen molar-refractivity contribution in [1.82, 2.24) is 24.8 Å². The Bertz CT molecular complexity index is 1810. The summed E-state index contributed by atoms with van der Waals surface area (Å²) in [6.45, 7) is 10.1. The van der Waals surface area contributed by atoms with Crippen LogP contribution >= 0.6 is 0 Å². The first-order valence-corrected chi connectivity index (χ1v) is 13.9. The molecular formula is C31H34N8O3. The van der Waals surface area contributed by atoms with Gasteiger partial charge < -0.3 is 20.2 Å². The van der Waals surface area contributed by atoms with Gasteiger partial charge in [-0.3, -0.25) is 4.98 Å². The van der Waals surface area contributed by atoms with Crippen LogP contribution in [0.15, 0.2) is 41.3 Å². The summed E-state index contributed by atoms with van der Waals surface area (Å²) < 4.78 is 1.49. The molecule has 1 aromatic carbocycles. The molecule has 1 saturated heterocycles. The number of hydrogen-bond donors (Lipinski definition) is 2. The molecule has 1 aliphatic rings. The fourth-order valence-electron chi connectivity index (χ4n) is 5.53. The number of aryl methyl sites for hydroxylation is 1. The summed E-state index contributed by atoms with van der Waals surface area (Å²) in [7, 11) is 3.67. The number of carboxylic acid groups (broad SMARTS) is 1. The van der Waals surface area contributed by atoms with Crippen LogP contribution in [0.3, 0.4) is 0 Å². The van der Waals surface area contributed by atoms with Crippen LogP contribution in [0, 0.1) is 18.3 Å². The Hall–Kier alpha value is -4.82. The van der Waals surface area contributed by atoms with Crippen LogP contribution in [0.25, 0.3) is 28.0 Å². The average Bonchev–Trinajstić information content (AvgIpc) is 2.96. The van der Waals surface area contributed by atoms with Gasteiger partial charge in [-0.25, -0.2) is 19.1 Å². The van der Waals surface area contributed by atoms with Crippen LogP contribution in [0.2, 0.25) is 0 Å². The van der Waals surface area contributed by atoms with Gasteiger partial charge in [0.25, 0.3) is 0 Å². The molecule has 1 fully saturated rings. The van der Waals surface area contributed by atoms with Crippen molar-refractivity contribution in [1.29, 1.82) is 5.26 Å². The second-order valence-electron chi connectivity index (χ2n) is 11.1. The van der Waals surface area contributed by atoms with E-state index in [-0.39, 0.29) is 28.8 Å². The Morgan fingerprint density at radius 1 is 1.21 bits per heavy atom. The second-order valence-corrected chi connectivity index (χ2v) is 11.1. The van der Waals surface area contributed by atoms with Crippen LogP contribution < -0.4 is 20.8 Å². The summed E-state index contributed by atoms with van der Waals surface area (Å²) in [5.41, 5.74) is 3.72. The van der Waals surface area contributed by atoms with Gasteiger partial charge in [0.2, 0.25) is 0 Å². The summed E-state index contributed by atoms with van der Waals surface area (Å²) in [6.07, 6.45) is 1.72. The molecule has 3 aromatic heterocycles. The molecular weight excluding hydrogens is 532 g/mol. The fourth-order valence-corrected chi connectivity index (χ4v) is 5.53. The fraction of sp³-hybridized carbons (Fsp3) is 0.355. The number of fused-ring (bicyclic) bond motifs is 1. The third-order valence-corrected chi connectivity index (χ3v) is 7.65. The number of rotatable bonds is 6. The minimum atomic E-state index is -1.09. The van der Waals surface area contributed by atoms with Gasteiger partial charge in [-0.1, -0.05) is 13.8 Å². The standard InChI is InChI=1S/C31H34N8O3/c1-17(2)25-27(18(3)9-10-34-25)39-29-23(28(36-31(39)42)38-12-11-33-16-19(38)4)14-21(15-32)26(35-29)22-13-20(30(40)41)7-8-24(22)37(5)6/h7-10,13-14,17,19,33H,11-12,16H2,1-6H3,(H,40,41). The molecule has 42 heavy (non-hydrogen) atoms. The number of nitrogens with one attached hydrogen (secondary N) is 1. The highest BCUT2D eigenvalue weighted by Crippen LogP contribution is 2.36. The van der Waals surface area contributed by atoms with E-state index in [1.54, 1.807) is 18.3 Å². The van der Waals surface area contributed by atoms with E-state index in [9.17, 15) is 20.0 Å². The number of nitriles is 1. The van der Waals surface area contributed by atoms with Gasteiger partial charge in [0.15, 0.2) is 5.65 Å². The molecule has 0 spiro atoms. The molecule has 216 valence electrons. The molecule has 0 radical (unpaired) electrons. The van der Waals surface area contributed by atoms with Crippen LogP contribution in [-0.2, 0) is 0 Å². The molecule has 1 aliphatic heterocycles. The molecule has 0 saturated carbocycles. The summed E-state index contributed by atoms with van der Waals surface area (Å²) >= 11 is 0. The van der Waals surface area contributed by atoms with Crippen molar-refractivity contribution in [3.63, 3.8) is 0 Å². The van der Waals surface area contributed by atoms with Crippen LogP contribution in [0.5, 0.6) is 0 Å². The maximum Gasteiger partial charge on any atom is 0.355 e. The van der Waals surface area contributed by atoms with Gasteiger partial charge in [0.05, 0.1) is 33.6 Å². The summed E-state index contributed by atoms with van der Waals surface area (Å²) in [6, 6.07) is 10.6. The lowest BCUT2D eigenvalue weighted by Gasteiger charge is -2.35. The number of carboxylic acids is 1. The highest BCUT2D eigenvalue weighted by atomic mass is 16.4. The van der Waals surface area contributed by atoms with E-state index in [1.807, 2.05) is 45.8 Å². The van der Waals surface area contributed by atoms with Gasteiger partial charge in [-0.15, -0.1) is 0 Å². The molecule has 11 nitrogen and oxygen atoms in total. The SMILES string of the molecule is Cc1ccnc(C(C)C)c1-n1c(=O)nc(N2CCNCC2C)c2cc(C#N)c(-c3cc(C(=O)O)ccc3N(C)C)nc21. The Labute approximate surface area is 244 Å². The Kier molecular flexibility index (Phi) is 7.67. The third kappa shape index (κ3) is 4.94. The highest BCUT2D eigenvalue weighted by Gasteiger charge is 2.28. The van der Waals surface area contributed by atoms with E-state index in [2.05, 4.69) is 33.2 Å². The summed E-state index contributed by atoms with van der Waals surface area (Å²) in [5.74, 6) is -0.625. The number of pyridine rings is 2. The third-order valence-electron chi connectivity index (χ3n) is 7.65. The zero-order valence-corrected chi connectivity index (χ0v) is 24.6. The summed E-state index contributed by atoms with van der Waals surface area (Å²) in [5, 5.41) is 24.0. The van der Waals surface area contributed by atoms with E-state index in [0.717, 1.165) is 24.3 Å². The number of nitrogens with zero attached hydrogens (tertiary/aromatic N) is 7. The summed E-state index contributed by atoms with van der Waals surface area (Å²) in [4.78, 5) is 44.1. The normalized spacial score (nSPS) is 15.2. The molecule has 4 aromatic rings. The van der Waals surface area contributed by atoms with E-state index in [4.69, 9.17) is 4.98 Å². The van der Waals surface area contributed by atoms with Crippen molar-refractivity contribution in [3.05, 3.63) is 69.4 Å². The Balaban J connectivity index is 1.96. The molecule has 11 heteroatoms. The van der Waals surface area contributed by atoms with E-state index in [0.29, 0.717) is 40.3 Å². The second kappa shape index (κ2) is 11.2. The number of hydrogen-bond acceptors (Lipinski definition) is 9. The van der Waals surface area contributed by atoms with Gasteiger partial charge in [-0.05, 0) is 55.7 Å². The number of aromatic carboxylic acids is 1. The number of benzene rings is 1. The van der Waals surface area contributed by atoms with Gasteiger partial charge in [-0.2, -0.15) is 10.2 Å². The minimum absolute atomic E-state index is 0.000150. The van der Waals surface area contributed by atoms with Crippen molar-refractivity contribution in [2.45, 2.75) is 39.7 Å². The zero-order valence-electron chi connectivity index (χ0n) is 24.6. The first-order chi connectivity index (χ1) is 20.0. The number of aromatic nitrogens is 4. The largest absolute Gasteiger partial charge is 0.478 e. The van der Waals surface area contributed by atoms with Crippen molar-refractivity contribution in [3.8, 4) is 23.0 Å². The molecule has 1 atom stereocenters. The van der Waals surface area contributed by atoms with Gasteiger partial charge >= 0.3 is 11.7 Å². The molecule has 0 amide bonds. The average molecular weight is 567 g/mol. The first-order valence-electron chi connectivity index (χ1n) is 13.9. The van der Waals surface area contributed by atoms with Gasteiger partial charge in [0.1, 0.15) is 11.9 Å². The number of anilines is 2. The zero-order chi connectivity index (χ0) is 30.3. The van der Waals surface area contributed by atoms with Crippen molar-refractivity contribution in [2.75, 3.05) is 43.5 Å². The maximum absolute atomic E-state index is 14.0. The van der Waals surface area contributed by atoms with E-state index in [1.165, 1.54) is 16.7 Å². The van der Waals surface area contributed by atoms with Crippen LogP contribution in [0.4, 0.5) is 11.5 Å². The highest BCUT2D eigenvalue weighted by molar-refractivity contribution is 5.96. The lowest BCUT2D eigenvalue weighted by atomic mass is 9.99. The monoisotopic (exact) mass is 566 g/mol. The first kappa shape index (κ1) is 28.7. The molecule has 2 N–H and O–H groups in total. The lowest BCUT2D eigenvalue weighted by molar-refractivity contribution is 0.0697. The van der Waals surface area contributed by atoms with E-state index < -0.39 is 11.7 Å². The van der Waals surface area contributed by atoms with Crippen molar-refractivity contribution >= 4 is 28.5 Å². The van der Waals surface area contributed by atoms with Crippen LogP contribution in [0.1, 0.15) is 53.9 Å². The topological polar surface area (TPSA) is 140 Å². The van der Waals surface area contributed by atoms with Crippen molar-refractivity contribution in [2.24, 2.45) is 0 Å². The number of carbonyl (C=O) groups is 1. The van der Waals surface area contributed by atoms with Crippen LogP contribution in [-0.4, -0.2) is 70.4 Å². The maximum atomic E-state index is 14.0. The Morgan fingerprint density at radius 3 is 2.62 bits per heavy atom. The molecule has 0 aliphatic carbocycles. The molecule has 1 unspecified atom stereocenters. The smallest absolute Gasteiger partial charge is 0.355 e. The molecule has 5 rings (SSSR count).